The first-order valence-corrected chi connectivity index (χ1v) is 13.0. The lowest BCUT2D eigenvalue weighted by atomic mass is 10.0. The molecule has 31 heavy (non-hydrogen) atoms. The highest BCUT2D eigenvalue weighted by Gasteiger charge is 2.38. The third-order valence-electron chi connectivity index (χ3n) is 5.12. The van der Waals surface area contributed by atoms with Crippen LogP contribution in [0.25, 0.3) is 0 Å². The van der Waals surface area contributed by atoms with Crippen LogP contribution in [0, 0.1) is 17.8 Å². The Morgan fingerprint density at radius 3 is 2.68 bits per heavy atom. The standard InChI is InChI=1S/C20H30N2O7S2/c1-15-12-22(16(2)14-23)31(26,27)20-9-8-17(7-6-10-28-4)11-18(20)29-19(15)13-21(3)30(5,24)25/h8-9,11,15-16,19,23H,10,12-14H2,1-5H3/t15-,16-,19-/m0/s1. The molecule has 0 radical (unpaired) electrons. The van der Waals surface area contributed by atoms with E-state index in [1.54, 1.807) is 19.9 Å². The van der Waals surface area contributed by atoms with Crippen molar-refractivity contribution in [1.82, 2.24) is 8.61 Å². The maximum Gasteiger partial charge on any atom is 0.247 e. The summed E-state index contributed by atoms with van der Waals surface area (Å²) in [4.78, 5) is -0.0519. The van der Waals surface area contributed by atoms with Gasteiger partial charge in [0.05, 0.1) is 19.4 Å². The van der Waals surface area contributed by atoms with Gasteiger partial charge in [0.25, 0.3) is 0 Å². The van der Waals surface area contributed by atoms with E-state index in [-0.39, 0.29) is 42.9 Å². The predicted molar refractivity (Wildman–Crippen MR) is 117 cm³/mol. The lowest BCUT2D eigenvalue weighted by Gasteiger charge is -2.37. The van der Waals surface area contributed by atoms with Crippen LogP contribution in [0.4, 0.5) is 0 Å². The van der Waals surface area contributed by atoms with E-state index in [1.165, 1.54) is 34.9 Å². The van der Waals surface area contributed by atoms with Crippen molar-refractivity contribution in [2.45, 2.75) is 30.9 Å². The number of hydrogen-bond acceptors (Lipinski definition) is 7. The molecule has 0 spiro atoms. The molecule has 0 fully saturated rings. The molecule has 9 nitrogen and oxygen atoms in total. The number of methoxy groups -OCH3 is 1. The van der Waals surface area contributed by atoms with Gasteiger partial charge in [-0.3, -0.25) is 0 Å². The van der Waals surface area contributed by atoms with Crippen molar-refractivity contribution >= 4 is 20.0 Å². The molecule has 0 amide bonds. The highest BCUT2D eigenvalue weighted by molar-refractivity contribution is 7.89. The zero-order valence-electron chi connectivity index (χ0n) is 18.4. The van der Waals surface area contributed by atoms with Crippen molar-refractivity contribution in [3.8, 4) is 17.6 Å². The molecule has 0 unspecified atom stereocenters. The third-order valence-corrected chi connectivity index (χ3v) is 8.42. The van der Waals surface area contributed by atoms with Gasteiger partial charge in [0.1, 0.15) is 23.4 Å². The van der Waals surface area contributed by atoms with E-state index in [0.29, 0.717) is 5.56 Å². The normalized spacial score (nSPS) is 22.4. The molecule has 0 saturated carbocycles. The van der Waals surface area contributed by atoms with E-state index in [9.17, 15) is 21.9 Å². The minimum Gasteiger partial charge on any atom is -0.487 e. The lowest BCUT2D eigenvalue weighted by molar-refractivity contribution is 0.0905. The molecule has 1 aliphatic heterocycles. The second kappa shape index (κ2) is 10.3. The SMILES string of the molecule is COCC#Cc1ccc2c(c1)O[C@@H](CN(C)S(C)(=O)=O)[C@@H](C)CN([C@@H](C)CO)S2(=O)=O. The van der Waals surface area contributed by atoms with Crippen molar-refractivity contribution < 1.29 is 31.4 Å². The number of benzene rings is 1. The first kappa shape index (κ1) is 25.6. The molecule has 1 N–H and O–H groups in total. The van der Waals surface area contributed by atoms with Gasteiger partial charge in [-0.1, -0.05) is 18.8 Å². The van der Waals surface area contributed by atoms with E-state index in [1.807, 2.05) is 0 Å². The fourth-order valence-electron chi connectivity index (χ4n) is 3.12. The Bertz CT molecular complexity index is 1050. The number of hydrogen-bond donors (Lipinski definition) is 1. The number of rotatable bonds is 6. The number of aliphatic hydroxyl groups excluding tert-OH is 1. The number of likely N-dealkylation sites (N-methyl/N-ethyl adjacent to an activating group) is 1. The molecule has 1 aromatic carbocycles. The molecule has 0 aromatic heterocycles. The number of fused-ring (bicyclic) bond motifs is 1. The molecule has 1 aromatic rings. The fraction of sp³-hybridized carbons (Fsp3) is 0.600. The second-order valence-corrected chi connectivity index (χ2v) is 11.6. The zero-order chi connectivity index (χ0) is 23.4. The Labute approximate surface area is 185 Å². The molecule has 174 valence electrons. The summed E-state index contributed by atoms with van der Waals surface area (Å²) in [6.45, 7) is 3.39. The molecule has 0 aliphatic carbocycles. The molecular formula is C20H30N2O7S2. The molecule has 11 heteroatoms. The van der Waals surface area contributed by atoms with Gasteiger partial charge in [0, 0.05) is 38.2 Å². The van der Waals surface area contributed by atoms with Gasteiger partial charge in [0.15, 0.2) is 0 Å². The number of sulfonamides is 2. The zero-order valence-corrected chi connectivity index (χ0v) is 20.0. The van der Waals surface area contributed by atoms with Gasteiger partial charge < -0.3 is 14.6 Å². The Balaban J connectivity index is 2.59. The van der Waals surface area contributed by atoms with Crippen LogP contribution in [0.2, 0.25) is 0 Å². The monoisotopic (exact) mass is 474 g/mol. The predicted octanol–water partition coefficient (Wildman–Crippen LogP) is 0.345. The summed E-state index contributed by atoms with van der Waals surface area (Å²) in [7, 11) is -4.46. The second-order valence-electron chi connectivity index (χ2n) is 7.68. The highest BCUT2D eigenvalue weighted by atomic mass is 32.2. The Hall–Kier alpha value is -1.68. The van der Waals surface area contributed by atoms with Crippen molar-refractivity contribution in [3.63, 3.8) is 0 Å². The quantitative estimate of drug-likeness (QED) is 0.592. The average Bonchev–Trinajstić information content (AvgIpc) is 2.69. The summed E-state index contributed by atoms with van der Waals surface area (Å²) >= 11 is 0. The third kappa shape index (κ3) is 6.19. The van der Waals surface area contributed by atoms with E-state index in [2.05, 4.69) is 11.8 Å². The largest absolute Gasteiger partial charge is 0.487 e. The Morgan fingerprint density at radius 2 is 2.10 bits per heavy atom. The number of nitrogens with zero attached hydrogens (tertiary/aromatic N) is 2. The highest BCUT2D eigenvalue weighted by Crippen LogP contribution is 2.34. The minimum atomic E-state index is -3.97. The van der Waals surface area contributed by atoms with Gasteiger partial charge in [-0.05, 0) is 25.1 Å². The van der Waals surface area contributed by atoms with E-state index in [0.717, 1.165) is 6.26 Å². The molecule has 3 atom stereocenters. The summed E-state index contributed by atoms with van der Waals surface area (Å²) in [5.74, 6) is 5.43. The van der Waals surface area contributed by atoms with Crippen molar-refractivity contribution in [2.24, 2.45) is 5.92 Å². The fourth-order valence-corrected chi connectivity index (χ4v) is 5.36. The van der Waals surface area contributed by atoms with Crippen LogP contribution in [0.5, 0.6) is 5.75 Å². The Kier molecular flexibility index (Phi) is 8.49. The van der Waals surface area contributed by atoms with Crippen LogP contribution >= 0.6 is 0 Å². The summed E-state index contributed by atoms with van der Waals surface area (Å²) < 4.78 is 64.0. The molecular weight excluding hydrogens is 444 g/mol. The topological polar surface area (TPSA) is 113 Å². The molecule has 2 rings (SSSR count). The van der Waals surface area contributed by atoms with E-state index < -0.39 is 32.2 Å². The van der Waals surface area contributed by atoms with Crippen molar-refractivity contribution in [2.75, 3.05) is 46.7 Å². The van der Waals surface area contributed by atoms with Gasteiger partial charge in [-0.25, -0.2) is 21.1 Å². The molecule has 0 saturated heterocycles. The van der Waals surface area contributed by atoms with Gasteiger partial charge >= 0.3 is 0 Å². The number of ether oxygens (including phenoxy) is 2. The van der Waals surface area contributed by atoms with E-state index >= 15 is 0 Å². The van der Waals surface area contributed by atoms with Crippen LogP contribution in [0.1, 0.15) is 19.4 Å². The van der Waals surface area contributed by atoms with E-state index in [4.69, 9.17) is 9.47 Å². The Morgan fingerprint density at radius 1 is 1.42 bits per heavy atom. The molecule has 0 bridgehead atoms. The minimum absolute atomic E-state index is 0.0421. The first-order valence-electron chi connectivity index (χ1n) is 9.74. The van der Waals surface area contributed by atoms with Crippen LogP contribution in [-0.2, 0) is 24.8 Å². The summed E-state index contributed by atoms with van der Waals surface area (Å²) in [5.41, 5.74) is 0.538. The average molecular weight is 475 g/mol. The summed E-state index contributed by atoms with van der Waals surface area (Å²) in [5, 5.41) is 9.64. The van der Waals surface area contributed by atoms with Crippen molar-refractivity contribution in [1.29, 1.82) is 0 Å². The smallest absolute Gasteiger partial charge is 0.247 e. The van der Waals surface area contributed by atoms with Crippen LogP contribution in [0.15, 0.2) is 23.1 Å². The van der Waals surface area contributed by atoms with Crippen molar-refractivity contribution in [3.05, 3.63) is 23.8 Å². The van der Waals surface area contributed by atoms with Gasteiger partial charge in [0.2, 0.25) is 20.0 Å². The summed E-state index contributed by atoms with van der Waals surface area (Å²) in [6, 6.07) is 3.87. The lowest BCUT2D eigenvalue weighted by Crippen LogP contribution is -2.50. The van der Waals surface area contributed by atoms with Crippen LogP contribution in [0.3, 0.4) is 0 Å². The molecule has 1 heterocycles. The summed E-state index contributed by atoms with van der Waals surface area (Å²) in [6.07, 6.45) is 0.479. The van der Waals surface area contributed by atoms with Crippen LogP contribution < -0.4 is 4.74 Å². The van der Waals surface area contributed by atoms with Gasteiger partial charge in [-0.2, -0.15) is 4.31 Å². The molecule has 1 aliphatic rings. The van der Waals surface area contributed by atoms with Crippen LogP contribution in [-0.4, -0.2) is 89.4 Å². The maximum absolute atomic E-state index is 13.4. The number of aliphatic hydroxyl groups is 1. The van der Waals surface area contributed by atoms with Gasteiger partial charge in [-0.15, -0.1) is 0 Å². The first-order chi connectivity index (χ1) is 14.4. The maximum atomic E-state index is 13.4.